The average molecular weight is 261 g/mol. The third-order valence-electron chi connectivity index (χ3n) is 4.20. The lowest BCUT2D eigenvalue weighted by atomic mass is 9.87. The summed E-state index contributed by atoms with van der Waals surface area (Å²) in [5, 5.41) is 8.95. The second-order valence-corrected chi connectivity index (χ2v) is 5.81. The molecule has 0 bridgehead atoms. The van der Waals surface area contributed by atoms with Gasteiger partial charge in [0.2, 0.25) is 0 Å². The number of hydrogen-bond donors (Lipinski definition) is 1. The summed E-state index contributed by atoms with van der Waals surface area (Å²) in [6.07, 6.45) is 4.78. The van der Waals surface area contributed by atoms with Gasteiger partial charge in [-0.2, -0.15) is 0 Å². The van der Waals surface area contributed by atoms with Crippen LogP contribution in [0.5, 0.6) is 0 Å². The third-order valence-corrected chi connectivity index (χ3v) is 4.20. The molecular weight excluding hydrogens is 238 g/mol. The zero-order chi connectivity index (χ0) is 13.8. The highest BCUT2D eigenvalue weighted by molar-refractivity contribution is 5.67. The van der Waals surface area contributed by atoms with E-state index in [0.29, 0.717) is 18.3 Å². The summed E-state index contributed by atoms with van der Waals surface area (Å²) in [5.74, 6) is 0.257. The highest BCUT2D eigenvalue weighted by Crippen LogP contribution is 2.36. The Balaban J connectivity index is 1.98. The number of carbonyl (C=O) groups is 1. The lowest BCUT2D eigenvalue weighted by molar-refractivity contribution is -0.138. The molecule has 1 aromatic carbocycles. The van der Waals surface area contributed by atoms with Crippen molar-refractivity contribution in [3.63, 3.8) is 0 Å². The van der Waals surface area contributed by atoms with E-state index >= 15 is 0 Å². The predicted octanol–water partition coefficient (Wildman–Crippen LogP) is 3.19. The smallest absolute Gasteiger partial charge is 0.303 e. The molecule has 0 radical (unpaired) electrons. The van der Waals surface area contributed by atoms with Crippen molar-refractivity contribution in [2.45, 2.75) is 32.1 Å². The van der Waals surface area contributed by atoms with Gasteiger partial charge in [-0.1, -0.05) is 18.6 Å². The van der Waals surface area contributed by atoms with Gasteiger partial charge < -0.3 is 10.0 Å². The summed E-state index contributed by atoms with van der Waals surface area (Å²) in [6, 6.07) is 8.62. The molecular formula is C16H23NO2. The first-order valence-electron chi connectivity index (χ1n) is 7.04. The van der Waals surface area contributed by atoms with Crippen LogP contribution in [0.4, 0.5) is 5.69 Å². The number of rotatable bonds is 5. The lowest BCUT2D eigenvalue weighted by Crippen LogP contribution is -2.15. The first-order valence-corrected chi connectivity index (χ1v) is 7.04. The van der Waals surface area contributed by atoms with E-state index < -0.39 is 5.97 Å². The SMILES string of the molecule is CN(C)c1ccc(CC2CCCC2CC(=O)O)cc1. The monoisotopic (exact) mass is 261 g/mol. The second kappa shape index (κ2) is 6.09. The van der Waals surface area contributed by atoms with E-state index in [0.717, 1.165) is 12.8 Å². The molecule has 3 heteroatoms. The molecule has 1 fully saturated rings. The Labute approximate surface area is 115 Å². The van der Waals surface area contributed by atoms with Gasteiger partial charge in [-0.3, -0.25) is 4.79 Å². The first-order chi connectivity index (χ1) is 9.06. The number of hydrogen-bond acceptors (Lipinski definition) is 2. The largest absolute Gasteiger partial charge is 0.481 e. The molecule has 1 aromatic rings. The Kier molecular flexibility index (Phi) is 4.46. The molecule has 0 saturated heterocycles. The molecule has 104 valence electrons. The van der Waals surface area contributed by atoms with Gasteiger partial charge in [-0.05, 0) is 48.8 Å². The van der Waals surface area contributed by atoms with Crippen molar-refractivity contribution in [2.24, 2.45) is 11.8 Å². The quantitative estimate of drug-likeness (QED) is 0.885. The molecule has 1 N–H and O–H groups in total. The molecule has 1 aliphatic carbocycles. The van der Waals surface area contributed by atoms with Gasteiger partial charge in [0, 0.05) is 26.2 Å². The fourth-order valence-electron chi connectivity index (χ4n) is 3.11. The van der Waals surface area contributed by atoms with Crippen LogP contribution in [-0.4, -0.2) is 25.2 Å². The van der Waals surface area contributed by atoms with Crippen LogP contribution in [0.3, 0.4) is 0 Å². The zero-order valence-corrected chi connectivity index (χ0v) is 11.8. The van der Waals surface area contributed by atoms with E-state index in [4.69, 9.17) is 5.11 Å². The van der Waals surface area contributed by atoms with Crippen LogP contribution in [0.25, 0.3) is 0 Å². The van der Waals surface area contributed by atoms with E-state index in [1.807, 2.05) is 14.1 Å². The van der Waals surface area contributed by atoms with Gasteiger partial charge in [0.15, 0.2) is 0 Å². The minimum absolute atomic E-state index is 0.334. The molecule has 2 atom stereocenters. The van der Waals surface area contributed by atoms with Crippen molar-refractivity contribution in [1.29, 1.82) is 0 Å². The normalized spacial score (nSPS) is 22.4. The van der Waals surface area contributed by atoms with Gasteiger partial charge in [0.05, 0.1) is 0 Å². The third kappa shape index (κ3) is 3.72. The predicted molar refractivity (Wildman–Crippen MR) is 77.6 cm³/mol. The highest BCUT2D eigenvalue weighted by atomic mass is 16.4. The minimum Gasteiger partial charge on any atom is -0.481 e. The summed E-state index contributed by atoms with van der Waals surface area (Å²) in [6.45, 7) is 0. The summed E-state index contributed by atoms with van der Waals surface area (Å²) in [7, 11) is 4.07. The standard InChI is InChI=1S/C16H23NO2/c1-17(2)15-8-6-12(7-9-15)10-13-4-3-5-14(13)11-16(18)19/h6-9,13-14H,3-5,10-11H2,1-2H3,(H,18,19). The zero-order valence-electron chi connectivity index (χ0n) is 11.8. The van der Waals surface area contributed by atoms with Crippen molar-refractivity contribution < 1.29 is 9.90 Å². The van der Waals surface area contributed by atoms with Crippen molar-refractivity contribution in [1.82, 2.24) is 0 Å². The molecule has 2 rings (SSSR count). The molecule has 0 heterocycles. The van der Waals surface area contributed by atoms with Crippen molar-refractivity contribution in [3.05, 3.63) is 29.8 Å². The van der Waals surface area contributed by atoms with Crippen LogP contribution < -0.4 is 4.90 Å². The molecule has 1 saturated carbocycles. The maximum absolute atomic E-state index is 10.9. The molecule has 0 aromatic heterocycles. The van der Waals surface area contributed by atoms with Crippen molar-refractivity contribution >= 4 is 11.7 Å². The van der Waals surface area contributed by atoms with Crippen LogP contribution in [0.2, 0.25) is 0 Å². The van der Waals surface area contributed by atoms with Crippen LogP contribution >= 0.6 is 0 Å². The van der Waals surface area contributed by atoms with Gasteiger partial charge >= 0.3 is 5.97 Å². The number of carboxylic acid groups (broad SMARTS) is 1. The fourth-order valence-corrected chi connectivity index (χ4v) is 3.11. The number of nitrogens with zero attached hydrogens (tertiary/aromatic N) is 1. The minimum atomic E-state index is -0.653. The van der Waals surface area contributed by atoms with Crippen molar-refractivity contribution in [3.8, 4) is 0 Å². The Morgan fingerprint density at radius 3 is 2.42 bits per heavy atom. The first kappa shape index (κ1) is 13.9. The summed E-state index contributed by atoms with van der Waals surface area (Å²) in [5.41, 5.74) is 2.53. The van der Waals surface area contributed by atoms with Gasteiger partial charge in [0.1, 0.15) is 0 Å². The van der Waals surface area contributed by atoms with E-state index in [-0.39, 0.29) is 0 Å². The molecule has 0 spiro atoms. The maximum atomic E-state index is 10.9. The Bertz CT molecular complexity index is 425. The Hall–Kier alpha value is -1.51. The maximum Gasteiger partial charge on any atom is 0.303 e. The molecule has 2 unspecified atom stereocenters. The fraction of sp³-hybridized carbons (Fsp3) is 0.562. The summed E-state index contributed by atoms with van der Waals surface area (Å²) >= 11 is 0. The topological polar surface area (TPSA) is 40.5 Å². The van der Waals surface area contributed by atoms with Gasteiger partial charge in [-0.15, -0.1) is 0 Å². The highest BCUT2D eigenvalue weighted by Gasteiger charge is 2.28. The number of benzene rings is 1. The number of aliphatic carboxylic acids is 1. The number of anilines is 1. The molecule has 3 nitrogen and oxygen atoms in total. The Morgan fingerprint density at radius 2 is 1.84 bits per heavy atom. The van der Waals surface area contributed by atoms with E-state index in [9.17, 15) is 4.79 Å². The average Bonchev–Trinajstić information content (AvgIpc) is 2.76. The lowest BCUT2D eigenvalue weighted by Gasteiger charge is -2.18. The van der Waals surface area contributed by atoms with Gasteiger partial charge in [0.25, 0.3) is 0 Å². The van der Waals surface area contributed by atoms with Crippen LogP contribution in [0.1, 0.15) is 31.2 Å². The second-order valence-electron chi connectivity index (χ2n) is 5.81. The molecule has 19 heavy (non-hydrogen) atoms. The van der Waals surface area contributed by atoms with E-state index in [1.165, 1.54) is 24.1 Å². The summed E-state index contributed by atoms with van der Waals surface area (Å²) in [4.78, 5) is 13.0. The number of carboxylic acids is 1. The van der Waals surface area contributed by atoms with Crippen LogP contribution in [0.15, 0.2) is 24.3 Å². The van der Waals surface area contributed by atoms with E-state index in [1.54, 1.807) is 0 Å². The Morgan fingerprint density at radius 1 is 1.21 bits per heavy atom. The van der Waals surface area contributed by atoms with Crippen LogP contribution in [0, 0.1) is 11.8 Å². The molecule has 0 aliphatic heterocycles. The summed E-state index contributed by atoms with van der Waals surface area (Å²) < 4.78 is 0. The van der Waals surface area contributed by atoms with Crippen molar-refractivity contribution in [2.75, 3.05) is 19.0 Å². The van der Waals surface area contributed by atoms with Gasteiger partial charge in [-0.25, -0.2) is 0 Å². The van der Waals surface area contributed by atoms with Crippen LogP contribution in [-0.2, 0) is 11.2 Å². The molecule has 1 aliphatic rings. The van der Waals surface area contributed by atoms with E-state index in [2.05, 4.69) is 29.2 Å². The molecule has 0 amide bonds.